The van der Waals surface area contributed by atoms with Crippen LogP contribution in [0.25, 0.3) is 0 Å². The molecule has 0 bridgehead atoms. The number of rotatable bonds is 9. The fourth-order valence-electron chi connectivity index (χ4n) is 2.63. The van der Waals surface area contributed by atoms with E-state index in [1.54, 1.807) is 44.2 Å². The summed E-state index contributed by atoms with van der Waals surface area (Å²) in [6.07, 6.45) is 0. The largest absolute Gasteiger partial charge is 0.495 e. The minimum atomic E-state index is -3.62. The predicted molar refractivity (Wildman–Crippen MR) is 112 cm³/mol. The Labute approximate surface area is 170 Å². The lowest BCUT2D eigenvalue weighted by Gasteiger charge is -2.20. The van der Waals surface area contributed by atoms with Gasteiger partial charge in [0.2, 0.25) is 15.9 Å². The van der Waals surface area contributed by atoms with Crippen molar-refractivity contribution in [3.63, 3.8) is 0 Å². The number of nitrogens with one attached hydrogen (secondary N) is 2. The van der Waals surface area contributed by atoms with Gasteiger partial charge in [-0.3, -0.25) is 4.79 Å². The Hall–Kier alpha value is -2.29. The Morgan fingerprint density at radius 3 is 2.39 bits per heavy atom. The number of carbonyl (C=O) groups excluding carboxylic acids is 1. The molecule has 1 amide bonds. The molecule has 0 fully saturated rings. The molecule has 0 saturated carbocycles. The van der Waals surface area contributed by atoms with E-state index in [9.17, 15) is 13.2 Å². The molecule has 0 saturated heterocycles. The SMILES string of the molecule is CCN(CC)S(=O)(=O)c1ccc(OC)c(NCC(=O)Nc2ccccc2Cl)c1. The van der Waals surface area contributed by atoms with Crippen LogP contribution in [0.4, 0.5) is 11.4 Å². The Morgan fingerprint density at radius 1 is 1.11 bits per heavy atom. The van der Waals surface area contributed by atoms with Gasteiger partial charge in [-0.05, 0) is 30.3 Å². The van der Waals surface area contributed by atoms with E-state index in [4.69, 9.17) is 16.3 Å². The van der Waals surface area contributed by atoms with Crippen LogP contribution in [0.15, 0.2) is 47.4 Å². The van der Waals surface area contributed by atoms with E-state index in [1.165, 1.54) is 23.5 Å². The van der Waals surface area contributed by atoms with Crippen molar-refractivity contribution in [2.24, 2.45) is 0 Å². The lowest BCUT2D eigenvalue weighted by atomic mass is 10.3. The van der Waals surface area contributed by atoms with Crippen molar-refractivity contribution in [1.29, 1.82) is 0 Å². The van der Waals surface area contributed by atoms with Crippen LogP contribution in [0.3, 0.4) is 0 Å². The fraction of sp³-hybridized carbons (Fsp3) is 0.316. The predicted octanol–water partition coefficient (Wildman–Crippen LogP) is 3.43. The van der Waals surface area contributed by atoms with Gasteiger partial charge in [-0.25, -0.2) is 8.42 Å². The molecule has 0 aliphatic rings. The normalized spacial score (nSPS) is 11.3. The van der Waals surface area contributed by atoms with Crippen LogP contribution in [0.5, 0.6) is 5.75 Å². The first kappa shape index (κ1) is 22.0. The molecule has 9 heteroatoms. The van der Waals surface area contributed by atoms with Gasteiger partial charge in [0, 0.05) is 13.1 Å². The molecule has 0 atom stereocenters. The summed E-state index contributed by atoms with van der Waals surface area (Å²) >= 11 is 6.03. The minimum absolute atomic E-state index is 0.0870. The second kappa shape index (κ2) is 9.77. The van der Waals surface area contributed by atoms with E-state index in [0.29, 0.717) is 35.2 Å². The Kier molecular flexibility index (Phi) is 7.68. The van der Waals surface area contributed by atoms with Gasteiger partial charge in [0.05, 0.1) is 34.9 Å². The monoisotopic (exact) mass is 425 g/mol. The van der Waals surface area contributed by atoms with Gasteiger partial charge in [-0.1, -0.05) is 37.6 Å². The van der Waals surface area contributed by atoms with Gasteiger partial charge in [0.15, 0.2) is 0 Å². The molecule has 0 aliphatic carbocycles. The Balaban J connectivity index is 2.18. The third-order valence-electron chi connectivity index (χ3n) is 4.10. The number of sulfonamides is 1. The van der Waals surface area contributed by atoms with Gasteiger partial charge >= 0.3 is 0 Å². The Morgan fingerprint density at radius 2 is 1.79 bits per heavy atom. The van der Waals surface area contributed by atoms with Crippen molar-refractivity contribution >= 4 is 38.9 Å². The van der Waals surface area contributed by atoms with Crippen LogP contribution in [-0.2, 0) is 14.8 Å². The molecule has 0 unspecified atom stereocenters. The number of amides is 1. The van der Waals surface area contributed by atoms with Crippen LogP contribution in [0.1, 0.15) is 13.8 Å². The molecule has 2 rings (SSSR count). The highest BCUT2D eigenvalue weighted by Crippen LogP contribution is 2.29. The molecular formula is C19H24ClN3O4S. The van der Waals surface area contributed by atoms with Gasteiger partial charge in [0.25, 0.3) is 0 Å². The molecule has 28 heavy (non-hydrogen) atoms. The summed E-state index contributed by atoms with van der Waals surface area (Å²) in [6.45, 7) is 4.21. The number of benzene rings is 2. The maximum Gasteiger partial charge on any atom is 0.243 e. The lowest BCUT2D eigenvalue weighted by Crippen LogP contribution is -2.30. The van der Waals surface area contributed by atoms with Gasteiger partial charge < -0.3 is 15.4 Å². The van der Waals surface area contributed by atoms with E-state index >= 15 is 0 Å². The quantitative estimate of drug-likeness (QED) is 0.642. The first-order chi connectivity index (χ1) is 13.3. The van der Waals surface area contributed by atoms with Crippen LogP contribution in [0, 0.1) is 0 Å². The topological polar surface area (TPSA) is 87.7 Å². The third-order valence-corrected chi connectivity index (χ3v) is 6.48. The van der Waals surface area contributed by atoms with Crippen LogP contribution in [-0.4, -0.2) is 45.4 Å². The van der Waals surface area contributed by atoms with Gasteiger partial charge in [-0.2, -0.15) is 4.31 Å². The number of ether oxygens (including phenoxy) is 1. The van der Waals surface area contributed by atoms with E-state index in [-0.39, 0.29) is 17.3 Å². The van der Waals surface area contributed by atoms with Crippen molar-refractivity contribution in [2.75, 3.05) is 37.4 Å². The third kappa shape index (κ3) is 5.15. The average Bonchev–Trinajstić information content (AvgIpc) is 2.68. The number of hydrogen-bond donors (Lipinski definition) is 2. The first-order valence-electron chi connectivity index (χ1n) is 8.79. The van der Waals surface area contributed by atoms with Crippen molar-refractivity contribution in [3.8, 4) is 5.75 Å². The summed E-state index contributed by atoms with van der Waals surface area (Å²) < 4.78 is 32.1. The number of halogens is 1. The number of carbonyl (C=O) groups is 1. The summed E-state index contributed by atoms with van der Waals surface area (Å²) in [7, 11) is -2.15. The molecule has 0 radical (unpaired) electrons. The van der Waals surface area contributed by atoms with Crippen molar-refractivity contribution < 1.29 is 17.9 Å². The zero-order valence-electron chi connectivity index (χ0n) is 16.0. The summed E-state index contributed by atoms with van der Waals surface area (Å²) in [6, 6.07) is 11.4. The summed E-state index contributed by atoms with van der Waals surface area (Å²) in [5, 5.41) is 6.06. The van der Waals surface area contributed by atoms with E-state index < -0.39 is 10.0 Å². The van der Waals surface area contributed by atoms with Gasteiger partial charge in [-0.15, -0.1) is 0 Å². The minimum Gasteiger partial charge on any atom is -0.495 e. The molecule has 2 N–H and O–H groups in total. The first-order valence-corrected chi connectivity index (χ1v) is 10.6. The maximum atomic E-state index is 12.7. The van der Waals surface area contributed by atoms with Crippen molar-refractivity contribution in [1.82, 2.24) is 4.31 Å². The highest BCUT2D eigenvalue weighted by atomic mass is 35.5. The number of hydrogen-bond acceptors (Lipinski definition) is 5. The molecule has 2 aromatic carbocycles. The smallest absolute Gasteiger partial charge is 0.243 e. The molecule has 0 heterocycles. The van der Waals surface area contributed by atoms with E-state index in [1.807, 2.05) is 0 Å². The number of nitrogens with zero attached hydrogens (tertiary/aromatic N) is 1. The van der Waals surface area contributed by atoms with Crippen LogP contribution >= 0.6 is 11.6 Å². The molecule has 0 aliphatic heterocycles. The highest BCUT2D eigenvalue weighted by Gasteiger charge is 2.23. The van der Waals surface area contributed by atoms with Crippen molar-refractivity contribution in [3.05, 3.63) is 47.5 Å². The zero-order valence-corrected chi connectivity index (χ0v) is 17.6. The Bertz CT molecular complexity index is 931. The molecule has 7 nitrogen and oxygen atoms in total. The summed E-state index contributed by atoms with van der Waals surface area (Å²) in [5.41, 5.74) is 0.908. The highest BCUT2D eigenvalue weighted by molar-refractivity contribution is 7.89. The maximum absolute atomic E-state index is 12.7. The van der Waals surface area contributed by atoms with Crippen molar-refractivity contribution in [2.45, 2.75) is 18.7 Å². The number of methoxy groups -OCH3 is 1. The fourth-order valence-corrected chi connectivity index (χ4v) is 4.30. The molecule has 0 spiro atoms. The zero-order chi connectivity index (χ0) is 20.7. The second-order valence-electron chi connectivity index (χ2n) is 5.83. The molecule has 2 aromatic rings. The number of para-hydroxylation sites is 1. The van der Waals surface area contributed by atoms with Crippen LogP contribution in [0.2, 0.25) is 5.02 Å². The van der Waals surface area contributed by atoms with E-state index in [0.717, 1.165) is 0 Å². The van der Waals surface area contributed by atoms with E-state index in [2.05, 4.69) is 10.6 Å². The standard InChI is InChI=1S/C19H24ClN3O4S/c1-4-23(5-2)28(25,26)14-10-11-18(27-3)17(12-14)21-13-19(24)22-16-9-7-6-8-15(16)20/h6-12,21H,4-5,13H2,1-3H3,(H,22,24). The molecular weight excluding hydrogens is 402 g/mol. The summed E-state index contributed by atoms with van der Waals surface area (Å²) in [5.74, 6) is 0.108. The number of anilines is 2. The van der Waals surface area contributed by atoms with Crippen LogP contribution < -0.4 is 15.4 Å². The lowest BCUT2D eigenvalue weighted by molar-refractivity contribution is -0.114. The molecule has 0 aromatic heterocycles. The average molecular weight is 426 g/mol. The molecule has 152 valence electrons. The summed E-state index contributed by atoms with van der Waals surface area (Å²) in [4.78, 5) is 12.4. The van der Waals surface area contributed by atoms with Gasteiger partial charge in [0.1, 0.15) is 5.75 Å². The second-order valence-corrected chi connectivity index (χ2v) is 8.18.